The SMILES string of the molecule is CCN1CCN(c2ccc(S(=O)(=O)N3CCCCC3)cc2NC(=O)c2cc(C)oc2C)CC1. The molecule has 2 saturated heterocycles. The Morgan fingerprint density at radius 2 is 1.70 bits per heavy atom. The van der Waals surface area contributed by atoms with E-state index in [4.69, 9.17) is 4.42 Å². The highest BCUT2D eigenvalue weighted by molar-refractivity contribution is 7.89. The van der Waals surface area contributed by atoms with Crippen LogP contribution in [0.3, 0.4) is 0 Å². The largest absolute Gasteiger partial charge is 0.466 e. The van der Waals surface area contributed by atoms with Crippen molar-refractivity contribution >= 4 is 27.3 Å². The molecule has 2 fully saturated rings. The molecule has 1 aromatic carbocycles. The van der Waals surface area contributed by atoms with Gasteiger partial charge < -0.3 is 19.5 Å². The smallest absolute Gasteiger partial charge is 0.259 e. The average Bonchev–Trinajstić information content (AvgIpc) is 3.17. The van der Waals surface area contributed by atoms with Crippen LogP contribution in [-0.2, 0) is 10.0 Å². The third-order valence-corrected chi connectivity index (χ3v) is 8.51. The van der Waals surface area contributed by atoms with Crippen molar-refractivity contribution in [3.8, 4) is 0 Å². The van der Waals surface area contributed by atoms with Crippen LogP contribution in [0.4, 0.5) is 11.4 Å². The number of nitrogens with one attached hydrogen (secondary N) is 1. The number of nitrogens with zero attached hydrogens (tertiary/aromatic N) is 3. The monoisotopic (exact) mass is 474 g/mol. The first-order valence-corrected chi connectivity index (χ1v) is 13.2. The predicted molar refractivity (Wildman–Crippen MR) is 130 cm³/mol. The predicted octanol–water partition coefficient (Wildman–Crippen LogP) is 3.47. The van der Waals surface area contributed by atoms with Gasteiger partial charge in [0.1, 0.15) is 11.5 Å². The number of rotatable bonds is 6. The number of hydrogen-bond acceptors (Lipinski definition) is 6. The van der Waals surface area contributed by atoms with Crippen LogP contribution in [0.1, 0.15) is 48.1 Å². The maximum atomic E-state index is 13.3. The fraction of sp³-hybridized carbons (Fsp3) is 0.542. The summed E-state index contributed by atoms with van der Waals surface area (Å²) in [4.78, 5) is 17.9. The van der Waals surface area contributed by atoms with Gasteiger partial charge in [-0.15, -0.1) is 0 Å². The second kappa shape index (κ2) is 9.87. The zero-order valence-electron chi connectivity index (χ0n) is 19.8. The Balaban J connectivity index is 1.67. The summed E-state index contributed by atoms with van der Waals surface area (Å²) in [5.74, 6) is 0.903. The molecule has 0 unspecified atom stereocenters. The van der Waals surface area contributed by atoms with Crippen LogP contribution in [0, 0.1) is 13.8 Å². The van der Waals surface area contributed by atoms with Crippen molar-refractivity contribution in [1.29, 1.82) is 0 Å². The van der Waals surface area contributed by atoms with E-state index in [9.17, 15) is 13.2 Å². The molecule has 2 aromatic rings. The fourth-order valence-electron chi connectivity index (χ4n) is 4.66. The van der Waals surface area contributed by atoms with Gasteiger partial charge in [0, 0.05) is 39.3 Å². The Morgan fingerprint density at radius 3 is 2.30 bits per heavy atom. The Morgan fingerprint density at radius 1 is 1.00 bits per heavy atom. The molecule has 0 aliphatic carbocycles. The van der Waals surface area contributed by atoms with Crippen molar-refractivity contribution in [1.82, 2.24) is 9.21 Å². The molecule has 4 rings (SSSR count). The molecule has 0 saturated carbocycles. The van der Waals surface area contributed by atoms with Crippen molar-refractivity contribution in [2.75, 3.05) is 56.0 Å². The number of benzene rings is 1. The summed E-state index contributed by atoms with van der Waals surface area (Å²) < 4.78 is 33.7. The summed E-state index contributed by atoms with van der Waals surface area (Å²) in [6.45, 7) is 11.3. The zero-order chi connectivity index (χ0) is 23.6. The molecule has 2 aliphatic rings. The third-order valence-electron chi connectivity index (χ3n) is 6.61. The molecule has 0 radical (unpaired) electrons. The maximum Gasteiger partial charge on any atom is 0.259 e. The van der Waals surface area contributed by atoms with Crippen molar-refractivity contribution in [3.05, 3.63) is 41.3 Å². The van der Waals surface area contributed by atoms with Gasteiger partial charge in [-0.25, -0.2) is 8.42 Å². The van der Waals surface area contributed by atoms with Crippen LogP contribution >= 0.6 is 0 Å². The van der Waals surface area contributed by atoms with Gasteiger partial charge in [-0.2, -0.15) is 4.31 Å². The number of likely N-dealkylation sites (N-methyl/N-ethyl adjacent to an activating group) is 1. The number of amides is 1. The molecule has 0 spiro atoms. The topological polar surface area (TPSA) is 86.1 Å². The normalized spacial score (nSPS) is 18.5. The van der Waals surface area contributed by atoms with E-state index in [0.29, 0.717) is 35.9 Å². The highest BCUT2D eigenvalue weighted by Crippen LogP contribution is 2.32. The molecule has 9 heteroatoms. The molecule has 3 heterocycles. The molecule has 180 valence electrons. The summed E-state index contributed by atoms with van der Waals surface area (Å²) in [5, 5.41) is 2.98. The first-order chi connectivity index (χ1) is 15.8. The Kier molecular flexibility index (Phi) is 7.11. The van der Waals surface area contributed by atoms with E-state index in [-0.39, 0.29) is 10.8 Å². The number of piperazine rings is 1. The van der Waals surface area contributed by atoms with Crippen LogP contribution in [0.2, 0.25) is 0 Å². The minimum atomic E-state index is -3.61. The van der Waals surface area contributed by atoms with Gasteiger partial charge in [-0.05, 0) is 57.5 Å². The van der Waals surface area contributed by atoms with E-state index >= 15 is 0 Å². The Labute approximate surface area is 196 Å². The molecular formula is C24H34N4O4S. The number of hydrogen-bond donors (Lipinski definition) is 1. The van der Waals surface area contributed by atoms with Crippen molar-refractivity contribution in [2.24, 2.45) is 0 Å². The molecule has 33 heavy (non-hydrogen) atoms. The number of furan rings is 1. The minimum absolute atomic E-state index is 0.218. The Hall–Kier alpha value is -2.36. The quantitative estimate of drug-likeness (QED) is 0.690. The molecule has 2 aliphatic heterocycles. The van der Waals surface area contributed by atoms with Gasteiger partial charge in [0.15, 0.2) is 0 Å². The summed E-state index contributed by atoms with van der Waals surface area (Å²) in [7, 11) is -3.61. The van der Waals surface area contributed by atoms with Gasteiger partial charge in [-0.3, -0.25) is 4.79 Å². The molecule has 1 amide bonds. The van der Waals surface area contributed by atoms with Gasteiger partial charge in [0.05, 0.1) is 21.8 Å². The fourth-order valence-corrected chi connectivity index (χ4v) is 6.20. The summed E-state index contributed by atoms with van der Waals surface area (Å²) >= 11 is 0. The molecule has 1 aromatic heterocycles. The maximum absolute atomic E-state index is 13.3. The van der Waals surface area contributed by atoms with Crippen LogP contribution < -0.4 is 10.2 Å². The molecular weight excluding hydrogens is 440 g/mol. The van der Waals surface area contributed by atoms with Gasteiger partial charge in [-0.1, -0.05) is 13.3 Å². The standard InChI is InChI=1S/C24H34N4O4S/c1-4-26-12-14-27(15-13-26)23-9-8-20(33(30,31)28-10-6-5-7-11-28)17-22(23)25-24(29)21-16-18(2)32-19(21)3/h8-9,16-17H,4-7,10-15H2,1-3H3,(H,25,29). The molecule has 1 N–H and O–H groups in total. The van der Waals surface area contributed by atoms with E-state index in [1.165, 1.54) is 0 Å². The number of piperidine rings is 1. The van der Waals surface area contributed by atoms with Gasteiger partial charge >= 0.3 is 0 Å². The number of carbonyl (C=O) groups is 1. The van der Waals surface area contributed by atoms with E-state index in [2.05, 4.69) is 22.0 Å². The van der Waals surface area contributed by atoms with Crippen LogP contribution in [0.25, 0.3) is 0 Å². The zero-order valence-corrected chi connectivity index (χ0v) is 20.6. The average molecular weight is 475 g/mol. The summed E-state index contributed by atoms with van der Waals surface area (Å²) in [5.41, 5.74) is 1.81. The lowest BCUT2D eigenvalue weighted by atomic mass is 10.2. The first-order valence-electron chi connectivity index (χ1n) is 11.8. The number of aryl methyl sites for hydroxylation is 2. The summed E-state index contributed by atoms with van der Waals surface area (Å²) in [6, 6.07) is 6.83. The van der Waals surface area contributed by atoms with Crippen molar-refractivity contribution in [3.63, 3.8) is 0 Å². The molecule has 8 nitrogen and oxygen atoms in total. The van der Waals surface area contributed by atoms with Crippen LogP contribution in [-0.4, -0.2) is 69.3 Å². The highest BCUT2D eigenvalue weighted by Gasteiger charge is 2.28. The third kappa shape index (κ3) is 5.10. The first kappa shape index (κ1) is 23.8. The lowest BCUT2D eigenvalue weighted by Gasteiger charge is -2.36. The highest BCUT2D eigenvalue weighted by atomic mass is 32.2. The van der Waals surface area contributed by atoms with E-state index in [1.807, 2.05) is 6.07 Å². The van der Waals surface area contributed by atoms with E-state index in [1.54, 1.807) is 36.4 Å². The van der Waals surface area contributed by atoms with Crippen molar-refractivity contribution in [2.45, 2.75) is 44.9 Å². The lowest BCUT2D eigenvalue weighted by Crippen LogP contribution is -2.46. The molecule has 0 bridgehead atoms. The second-order valence-electron chi connectivity index (χ2n) is 8.85. The van der Waals surface area contributed by atoms with E-state index < -0.39 is 10.0 Å². The number of carbonyl (C=O) groups excluding carboxylic acids is 1. The minimum Gasteiger partial charge on any atom is -0.466 e. The second-order valence-corrected chi connectivity index (χ2v) is 10.8. The van der Waals surface area contributed by atoms with Crippen molar-refractivity contribution < 1.29 is 17.6 Å². The van der Waals surface area contributed by atoms with Gasteiger partial charge in [0.25, 0.3) is 5.91 Å². The lowest BCUT2D eigenvalue weighted by molar-refractivity contribution is 0.102. The Bertz CT molecular complexity index is 1100. The molecule has 0 atom stereocenters. The van der Waals surface area contributed by atoms with Gasteiger partial charge in [0.2, 0.25) is 10.0 Å². The van der Waals surface area contributed by atoms with Crippen LogP contribution in [0.15, 0.2) is 33.6 Å². The van der Waals surface area contributed by atoms with Crippen LogP contribution in [0.5, 0.6) is 0 Å². The number of sulfonamides is 1. The number of anilines is 2. The van der Waals surface area contributed by atoms with E-state index in [0.717, 1.165) is 57.7 Å². The summed E-state index contributed by atoms with van der Waals surface area (Å²) in [6.07, 6.45) is 2.81.